The van der Waals surface area contributed by atoms with Crippen LogP contribution in [0.1, 0.15) is 39.9 Å². The van der Waals surface area contributed by atoms with Crippen molar-refractivity contribution in [2.24, 2.45) is 0 Å². The molecule has 0 spiro atoms. The lowest BCUT2D eigenvalue weighted by Crippen LogP contribution is -2.27. The van der Waals surface area contributed by atoms with Crippen molar-refractivity contribution < 1.29 is 18.3 Å². The van der Waals surface area contributed by atoms with Gasteiger partial charge in [0.2, 0.25) is 10.0 Å². The number of benzene rings is 2. The van der Waals surface area contributed by atoms with Crippen LogP contribution >= 0.6 is 0 Å². The molecule has 1 saturated carbocycles. The number of aryl methyl sites for hydroxylation is 1. The van der Waals surface area contributed by atoms with Crippen LogP contribution in [-0.2, 0) is 16.6 Å². The molecule has 2 aromatic carbocycles. The molecule has 138 valence electrons. The van der Waals surface area contributed by atoms with Gasteiger partial charge in [0.25, 0.3) is 0 Å². The SMILES string of the molecule is Cc1ccc(NCc2cccc(C(=O)O)c2)c(C)c1S(=O)(=O)NC1CC1. The van der Waals surface area contributed by atoms with E-state index in [0.29, 0.717) is 28.3 Å². The Morgan fingerprint density at radius 2 is 1.92 bits per heavy atom. The van der Waals surface area contributed by atoms with E-state index in [0.717, 1.165) is 18.4 Å². The molecule has 1 aliphatic carbocycles. The summed E-state index contributed by atoms with van der Waals surface area (Å²) in [5.74, 6) is -0.974. The van der Waals surface area contributed by atoms with Gasteiger partial charge in [-0.05, 0) is 61.6 Å². The fourth-order valence-corrected chi connectivity index (χ4v) is 4.72. The molecule has 3 N–H and O–H groups in total. The molecule has 0 aromatic heterocycles. The Kier molecular flexibility index (Phi) is 5.02. The van der Waals surface area contributed by atoms with Gasteiger partial charge in [0.15, 0.2) is 0 Å². The van der Waals surface area contributed by atoms with E-state index in [9.17, 15) is 13.2 Å². The third-order valence-corrected chi connectivity index (χ3v) is 6.24. The van der Waals surface area contributed by atoms with Crippen molar-refractivity contribution in [3.8, 4) is 0 Å². The first-order valence-corrected chi connectivity index (χ1v) is 9.95. The molecule has 0 saturated heterocycles. The first-order valence-electron chi connectivity index (χ1n) is 8.46. The molecule has 1 fully saturated rings. The van der Waals surface area contributed by atoms with Crippen molar-refractivity contribution in [1.29, 1.82) is 0 Å². The maximum absolute atomic E-state index is 12.7. The Bertz CT molecular complexity index is 950. The lowest BCUT2D eigenvalue weighted by Gasteiger charge is -2.16. The quantitative estimate of drug-likeness (QED) is 0.692. The highest BCUT2D eigenvalue weighted by Gasteiger charge is 2.30. The number of anilines is 1. The van der Waals surface area contributed by atoms with E-state index in [1.165, 1.54) is 6.07 Å². The van der Waals surface area contributed by atoms with Gasteiger partial charge < -0.3 is 10.4 Å². The van der Waals surface area contributed by atoms with E-state index in [1.54, 1.807) is 32.0 Å². The summed E-state index contributed by atoms with van der Waals surface area (Å²) in [6.45, 7) is 3.97. The van der Waals surface area contributed by atoms with Gasteiger partial charge in [-0.3, -0.25) is 0 Å². The molecule has 2 aromatic rings. The van der Waals surface area contributed by atoms with Gasteiger partial charge in [-0.15, -0.1) is 0 Å². The topological polar surface area (TPSA) is 95.5 Å². The Balaban J connectivity index is 1.84. The summed E-state index contributed by atoms with van der Waals surface area (Å²) in [4.78, 5) is 11.4. The molecule has 7 heteroatoms. The highest BCUT2D eigenvalue weighted by Crippen LogP contribution is 2.29. The van der Waals surface area contributed by atoms with Gasteiger partial charge in [-0.1, -0.05) is 18.2 Å². The second-order valence-electron chi connectivity index (χ2n) is 6.64. The van der Waals surface area contributed by atoms with E-state index in [-0.39, 0.29) is 11.6 Å². The summed E-state index contributed by atoms with van der Waals surface area (Å²) >= 11 is 0. The van der Waals surface area contributed by atoms with Crippen LogP contribution in [-0.4, -0.2) is 25.5 Å². The number of nitrogens with one attached hydrogen (secondary N) is 2. The number of rotatable bonds is 7. The molecule has 26 heavy (non-hydrogen) atoms. The molecular formula is C19H22N2O4S. The maximum atomic E-state index is 12.7. The van der Waals surface area contributed by atoms with Gasteiger partial charge >= 0.3 is 5.97 Å². The molecule has 0 aliphatic heterocycles. The van der Waals surface area contributed by atoms with Crippen LogP contribution in [0.2, 0.25) is 0 Å². The van der Waals surface area contributed by atoms with Crippen molar-refractivity contribution in [2.45, 2.75) is 44.2 Å². The normalized spacial score (nSPS) is 14.2. The van der Waals surface area contributed by atoms with Crippen LogP contribution in [0.15, 0.2) is 41.3 Å². The Morgan fingerprint density at radius 1 is 1.19 bits per heavy atom. The number of aromatic carboxylic acids is 1. The molecule has 3 rings (SSSR count). The minimum Gasteiger partial charge on any atom is -0.478 e. The van der Waals surface area contributed by atoms with Gasteiger partial charge in [-0.25, -0.2) is 17.9 Å². The highest BCUT2D eigenvalue weighted by atomic mass is 32.2. The second-order valence-corrected chi connectivity index (χ2v) is 8.29. The Labute approximate surface area is 153 Å². The molecule has 0 bridgehead atoms. The minimum absolute atomic E-state index is 0.0502. The number of carboxylic acid groups (broad SMARTS) is 1. The van der Waals surface area contributed by atoms with Gasteiger partial charge in [-0.2, -0.15) is 0 Å². The Hall–Kier alpha value is -2.38. The summed E-state index contributed by atoms with van der Waals surface area (Å²) in [5, 5.41) is 12.3. The highest BCUT2D eigenvalue weighted by molar-refractivity contribution is 7.89. The van der Waals surface area contributed by atoms with E-state index < -0.39 is 16.0 Å². The average Bonchev–Trinajstić information content (AvgIpc) is 3.37. The van der Waals surface area contributed by atoms with Crippen molar-refractivity contribution in [3.63, 3.8) is 0 Å². The predicted octanol–water partition coefficient (Wildman–Crippen LogP) is 3.05. The number of carboxylic acids is 1. The molecule has 0 amide bonds. The van der Waals surface area contributed by atoms with E-state index >= 15 is 0 Å². The number of hydrogen-bond acceptors (Lipinski definition) is 4. The average molecular weight is 374 g/mol. The van der Waals surface area contributed by atoms with E-state index in [2.05, 4.69) is 10.0 Å². The Morgan fingerprint density at radius 3 is 2.58 bits per heavy atom. The number of hydrogen-bond donors (Lipinski definition) is 3. The van der Waals surface area contributed by atoms with Crippen LogP contribution in [0.4, 0.5) is 5.69 Å². The third kappa shape index (κ3) is 4.05. The fraction of sp³-hybridized carbons (Fsp3) is 0.316. The zero-order chi connectivity index (χ0) is 18.9. The van der Waals surface area contributed by atoms with E-state index in [4.69, 9.17) is 5.11 Å². The number of sulfonamides is 1. The maximum Gasteiger partial charge on any atom is 0.335 e. The van der Waals surface area contributed by atoms with Crippen molar-refractivity contribution in [3.05, 3.63) is 58.7 Å². The third-order valence-electron chi connectivity index (χ3n) is 4.43. The van der Waals surface area contributed by atoms with Crippen LogP contribution in [0.3, 0.4) is 0 Å². The molecule has 1 aliphatic rings. The fourth-order valence-electron chi connectivity index (χ4n) is 2.92. The van der Waals surface area contributed by atoms with Crippen molar-refractivity contribution >= 4 is 21.7 Å². The summed E-state index contributed by atoms with van der Waals surface area (Å²) < 4.78 is 28.1. The van der Waals surface area contributed by atoms with Crippen molar-refractivity contribution in [2.75, 3.05) is 5.32 Å². The smallest absolute Gasteiger partial charge is 0.335 e. The first kappa shape index (κ1) is 18.4. The number of carbonyl (C=O) groups is 1. The zero-order valence-corrected chi connectivity index (χ0v) is 15.6. The lowest BCUT2D eigenvalue weighted by atomic mass is 10.1. The van der Waals surface area contributed by atoms with E-state index in [1.807, 2.05) is 12.1 Å². The summed E-state index contributed by atoms with van der Waals surface area (Å²) in [5.41, 5.74) is 3.11. The molecule has 6 nitrogen and oxygen atoms in total. The van der Waals surface area contributed by atoms with Crippen LogP contribution in [0, 0.1) is 13.8 Å². The second kappa shape index (κ2) is 7.09. The molecule has 0 heterocycles. The molecule has 0 unspecified atom stereocenters. The summed E-state index contributed by atoms with van der Waals surface area (Å²) in [7, 11) is -3.55. The first-order chi connectivity index (χ1) is 12.3. The van der Waals surface area contributed by atoms with Crippen LogP contribution < -0.4 is 10.0 Å². The molecule has 0 radical (unpaired) electrons. The van der Waals surface area contributed by atoms with Gasteiger partial charge in [0, 0.05) is 18.3 Å². The molecule has 0 atom stereocenters. The molecular weight excluding hydrogens is 352 g/mol. The van der Waals surface area contributed by atoms with Crippen LogP contribution in [0.25, 0.3) is 0 Å². The van der Waals surface area contributed by atoms with Crippen LogP contribution in [0.5, 0.6) is 0 Å². The monoisotopic (exact) mass is 374 g/mol. The zero-order valence-electron chi connectivity index (χ0n) is 14.7. The van der Waals surface area contributed by atoms with Crippen molar-refractivity contribution in [1.82, 2.24) is 4.72 Å². The lowest BCUT2D eigenvalue weighted by molar-refractivity contribution is 0.0696. The summed E-state index contributed by atoms with van der Waals surface area (Å²) in [6.07, 6.45) is 1.77. The van der Waals surface area contributed by atoms with Gasteiger partial charge in [0.1, 0.15) is 0 Å². The summed E-state index contributed by atoms with van der Waals surface area (Å²) in [6, 6.07) is 10.3. The standard InChI is InChI=1S/C19H22N2O4S/c1-12-6-9-17(13(2)18(12)26(24,25)21-16-7-8-16)20-11-14-4-3-5-15(10-14)19(22)23/h3-6,9-10,16,20-21H,7-8,11H2,1-2H3,(H,22,23). The predicted molar refractivity (Wildman–Crippen MR) is 100.0 cm³/mol. The largest absolute Gasteiger partial charge is 0.478 e. The minimum atomic E-state index is -3.55. The van der Waals surface area contributed by atoms with Gasteiger partial charge in [0.05, 0.1) is 10.5 Å².